The summed E-state index contributed by atoms with van der Waals surface area (Å²) in [5.41, 5.74) is 24.3. The van der Waals surface area contributed by atoms with Crippen LogP contribution in [0.5, 0.6) is 0 Å². The van der Waals surface area contributed by atoms with Gasteiger partial charge in [-0.3, -0.25) is 0 Å². The lowest BCUT2D eigenvalue weighted by atomic mass is 10.0. The molecule has 30 aromatic rings. The summed E-state index contributed by atoms with van der Waals surface area (Å²) in [5.74, 6) is 6.53. The highest BCUT2D eigenvalue weighted by Crippen LogP contribution is 2.50. The standard InChI is InChI=1S/C66H40N8O.C66H40N8S/c1-5-20-41(21-6-1)61-67-62(42-22-7-2-8-23-42)71-66(70-61)51-40-44(36-38-54(51)74-52-32-16-13-28-46(52)47-37-39-57-59(60(47)74)49-30-15-18-35-56(49)75-57)64-68-63(43-24-9-3-10-25-43)69-65(72-64)50-31-19-34-55-58(50)48-29-14-17-33-53(48)73(55)45-26-11-4-12-27-45;1-5-19-41(20-6-1)61-68-64(44-33-36-55-51(39-44)48-28-14-16-30-53(48)73(55)46-25-11-4-12-26-46)70-65(69-61)45-34-37-56(52(40-45)66-71-62(42-21-7-2-8-22-42)67-63(72-66)43-23-9-3-10-24-43)74-54-31-17-13-27-47(54)49-35-38-58-59(60(49)74)50-29-15-18-32-57(50)75-58/h2*1-40H. The molecular weight excluding hydrogens is 1860 g/mol. The summed E-state index contributed by atoms with van der Waals surface area (Å²) in [6.07, 6.45) is 0. The molecule has 150 heavy (non-hydrogen) atoms. The lowest BCUT2D eigenvalue weighted by Gasteiger charge is -2.17. The first kappa shape index (κ1) is 86.3. The molecule has 0 N–H and O–H groups in total. The molecular formula is C132H80N16OS. The number of hydrogen-bond donors (Lipinski definition) is 0. The van der Waals surface area contributed by atoms with Crippen LogP contribution in [-0.2, 0) is 0 Å². The molecule has 0 spiro atoms. The molecule has 20 aromatic carbocycles. The fourth-order valence-corrected chi connectivity index (χ4v) is 22.8. The van der Waals surface area contributed by atoms with Crippen molar-refractivity contribution < 1.29 is 4.42 Å². The quantitative estimate of drug-likeness (QED) is 0.0890. The van der Waals surface area contributed by atoms with E-state index in [2.05, 4.69) is 303 Å². The zero-order valence-electron chi connectivity index (χ0n) is 80.2. The summed E-state index contributed by atoms with van der Waals surface area (Å²) in [5, 5.41) is 13.4. The van der Waals surface area contributed by atoms with E-state index in [-0.39, 0.29) is 0 Å². The SMILES string of the molecule is c1ccc(-c2nc(-c3ccc(-n4c5ccccc5c5ccc6sc7ccccc7c6c54)c(-c4nc(-c5ccccc5)nc(-c5ccccc5)n4)c3)nc(-c3ccc4c(c3)c3ccccc3n4-c3ccccc3)n2)cc1.c1ccc(-c2nc(-c3ccccc3)nc(-c3cc(-c4nc(-c5ccccc5)nc(-c5cccc6c5c5ccccc5n6-c5ccccc5)n4)ccc3-n3c4ccccc4c4ccc5oc6ccccc6c5c43)n2)cc1. The molecule has 0 aliphatic carbocycles. The number of thiophene rings is 1. The van der Waals surface area contributed by atoms with Crippen molar-refractivity contribution >= 4 is 141 Å². The van der Waals surface area contributed by atoms with Gasteiger partial charge in [0.2, 0.25) is 0 Å². The second-order valence-corrected chi connectivity index (χ2v) is 38.3. The van der Waals surface area contributed by atoms with Crippen LogP contribution < -0.4 is 0 Å². The highest BCUT2D eigenvalue weighted by molar-refractivity contribution is 7.26. The fraction of sp³-hybridized carbons (Fsp3) is 0. The van der Waals surface area contributed by atoms with Crippen LogP contribution in [0.1, 0.15) is 0 Å². The maximum absolute atomic E-state index is 6.57. The lowest BCUT2D eigenvalue weighted by molar-refractivity contribution is 0.669. The predicted molar refractivity (Wildman–Crippen MR) is 609 cm³/mol. The summed E-state index contributed by atoms with van der Waals surface area (Å²) in [7, 11) is 0. The van der Waals surface area contributed by atoms with Gasteiger partial charge in [0.05, 0.1) is 60.9 Å². The third-order valence-electron chi connectivity index (χ3n) is 28.5. The number of benzene rings is 20. The summed E-state index contributed by atoms with van der Waals surface area (Å²) >= 11 is 1.82. The molecule has 0 unspecified atom stereocenters. The van der Waals surface area contributed by atoms with Gasteiger partial charge < -0.3 is 22.7 Å². The van der Waals surface area contributed by atoms with E-state index in [1.807, 2.05) is 212 Å². The average Bonchev–Trinajstić information content (AvgIpc) is 1.55. The van der Waals surface area contributed by atoms with Crippen LogP contribution >= 0.6 is 11.3 Å². The second-order valence-electron chi connectivity index (χ2n) is 37.3. The highest BCUT2D eigenvalue weighted by Gasteiger charge is 2.30. The van der Waals surface area contributed by atoms with Crippen molar-refractivity contribution in [1.82, 2.24) is 78.1 Å². The number of furan rings is 1. The first-order valence-electron chi connectivity index (χ1n) is 49.9. The van der Waals surface area contributed by atoms with Gasteiger partial charge >= 0.3 is 0 Å². The Kier molecular flexibility index (Phi) is 20.7. The van der Waals surface area contributed by atoms with Gasteiger partial charge in [0.15, 0.2) is 69.9 Å². The first-order valence-corrected chi connectivity index (χ1v) is 50.7. The molecule has 0 fully saturated rings. The van der Waals surface area contributed by atoms with Gasteiger partial charge in [-0.1, -0.05) is 346 Å². The normalized spacial score (nSPS) is 11.7. The Morgan fingerprint density at radius 1 is 0.160 bits per heavy atom. The molecule has 0 aliphatic heterocycles. The van der Waals surface area contributed by atoms with E-state index in [1.54, 1.807) is 0 Å². The van der Waals surface area contributed by atoms with Crippen LogP contribution in [-0.4, -0.2) is 78.1 Å². The Balaban J connectivity index is 0.000000141. The Labute approximate surface area is 861 Å². The minimum absolute atomic E-state index is 0.491. The molecule has 0 amide bonds. The van der Waals surface area contributed by atoms with E-state index in [4.69, 9.17) is 64.2 Å². The van der Waals surface area contributed by atoms with Gasteiger partial charge in [-0.2, -0.15) is 0 Å². The number of nitrogens with zero attached hydrogens (tertiary/aromatic N) is 16. The van der Waals surface area contributed by atoms with Crippen LogP contribution in [0, 0.1) is 0 Å². The summed E-state index contributed by atoms with van der Waals surface area (Å²) < 4.78 is 18.4. The minimum Gasteiger partial charge on any atom is -0.456 e. The molecule has 0 aliphatic rings. The van der Waals surface area contributed by atoms with Gasteiger partial charge in [-0.05, 0) is 140 Å². The average molecular weight is 1940 g/mol. The molecule has 10 aromatic heterocycles. The zero-order valence-corrected chi connectivity index (χ0v) is 81.0. The minimum atomic E-state index is 0.491. The molecule has 10 heterocycles. The number of hydrogen-bond acceptors (Lipinski definition) is 14. The first-order chi connectivity index (χ1) is 74.4. The monoisotopic (exact) mass is 1940 g/mol. The Morgan fingerprint density at radius 3 is 0.927 bits per heavy atom. The van der Waals surface area contributed by atoms with E-state index in [1.165, 1.54) is 25.6 Å². The van der Waals surface area contributed by atoms with Crippen LogP contribution in [0.25, 0.3) is 289 Å². The van der Waals surface area contributed by atoms with Crippen molar-refractivity contribution in [3.63, 3.8) is 0 Å². The van der Waals surface area contributed by atoms with Crippen molar-refractivity contribution in [3.05, 3.63) is 485 Å². The highest BCUT2D eigenvalue weighted by atomic mass is 32.1. The van der Waals surface area contributed by atoms with Crippen LogP contribution in [0.15, 0.2) is 490 Å². The predicted octanol–water partition coefficient (Wildman–Crippen LogP) is 32.8. The molecule has 700 valence electrons. The third kappa shape index (κ3) is 14.7. The third-order valence-corrected chi connectivity index (χ3v) is 29.6. The zero-order chi connectivity index (χ0) is 98.8. The van der Waals surface area contributed by atoms with E-state index < -0.39 is 0 Å². The smallest absolute Gasteiger partial charge is 0.166 e. The molecule has 0 saturated heterocycles. The summed E-state index contributed by atoms with van der Waals surface area (Å²) in [6.45, 7) is 0. The Hall–Kier alpha value is -20.3. The van der Waals surface area contributed by atoms with Crippen LogP contribution in [0.3, 0.4) is 0 Å². The van der Waals surface area contributed by atoms with Crippen molar-refractivity contribution in [1.29, 1.82) is 0 Å². The van der Waals surface area contributed by atoms with Crippen LogP contribution in [0.2, 0.25) is 0 Å². The molecule has 0 saturated carbocycles. The number of rotatable bonds is 16. The Bertz CT molecular complexity index is 10500. The van der Waals surface area contributed by atoms with Crippen molar-refractivity contribution in [2.45, 2.75) is 0 Å². The summed E-state index contributed by atoms with van der Waals surface area (Å²) in [4.78, 5) is 63.8. The van der Waals surface area contributed by atoms with Crippen molar-refractivity contribution in [2.24, 2.45) is 0 Å². The van der Waals surface area contributed by atoms with Crippen molar-refractivity contribution in [3.8, 4) is 159 Å². The lowest BCUT2D eigenvalue weighted by Crippen LogP contribution is -2.05. The molecule has 0 atom stereocenters. The largest absolute Gasteiger partial charge is 0.456 e. The molecule has 30 rings (SSSR count). The van der Waals surface area contributed by atoms with E-state index >= 15 is 0 Å². The maximum atomic E-state index is 6.57. The summed E-state index contributed by atoms with van der Waals surface area (Å²) in [6, 6.07) is 168. The second kappa shape index (κ2) is 35.9. The van der Waals surface area contributed by atoms with E-state index in [0.29, 0.717) is 69.9 Å². The van der Waals surface area contributed by atoms with Gasteiger partial charge in [-0.15, -0.1) is 11.3 Å². The van der Waals surface area contributed by atoms with Crippen LogP contribution in [0.4, 0.5) is 0 Å². The van der Waals surface area contributed by atoms with Gasteiger partial charge in [0.1, 0.15) is 11.2 Å². The van der Waals surface area contributed by atoms with Gasteiger partial charge in [0.25, 0.3) is 0 Å². The Morgan fingerprint density at radius 2 is 0.473 bits per heavy atom. The molecule has 18 heteroatoms. The molecule has 0 radical (unpaired) electrons. The molecule has 0 bridgehead atoms. The van der Waals surface area contributed by atoms with E-state index in [0.717, 1.165) is 193 Å². The van der Waals surface area contributed by atoms with Gasteiger partial charge in [-0.25, -0.2) is 59.8 Å². The number of aromatic nitrogens is 16. The fourth-order valence-electron chi connectivity index (χ4n) is 21.7. The van der Waals surface area contributed by atoms with Gasteiger partial charge in [0, 0.05) is 147 Å². The van der Waals surface area contributed by atoms with Crippen molar-refractivity contribution in [2.75, 3.05) is 0 Å². The number of para-hydroxylation sites is 7. The van der Waals surface area contributed by atoms with E-state index in [9.17, 15) is 0 Å². The topological polar surface area (TPSA) is 188 Å². The molecule has 17 nitrogen and oxygen atoms in total. The maximum Gasteiger partial charge on any atom is 0.166 e. The number of fused-ring (bicyclic) bond motifs is 20.